The van der Waals surface area contributed by atoms with Crippen LogP contribution >= 0.6 is 0 Å². The summed E-state index contributed by atoms with van der Waals surface area (Å²) in [5, 5.41) is 0. The lowest BCUT2D eigenvalue weighted by Crippen LogP contribution is -1.94. The van der Waals surface area contributed by atoms with Crippen molar-refractivity contribution in [2.75, 3.05) is 0 Å². The molecule has 0 bridgehead atoms. The van der Waals surface area contributed by atoms with Gasteiger partial charge in [-0.05, 0) is 25.7 Å². The van der Waals surface area contributed by atoms with Crippen molar-refractivity contribution < 1.29 is 4.74 Å². The van der Waals surface area contributed by atoms with Gasteiger partial charge in [0.25, 0.3) is 0 Å². The smallest absolute Gasteiger partial charge is 0.0876 e. The van der Waals surface area contributed by atoms with E-state index in [2.05, 4.69) is 12.2 Å². The lowest BCUT2D eigenvalue weighted by atomic mass is 10.1. The molecule has 1 aliphatic heterocycles. The molecule has 0 spiro atoms. The fourth-order valence-corrected chi connectivity index (χ4v) is 1.43. The maximum Gasteiger partial charge on any atom is 0.0876 e. The average Bonchev–Trinajstić information content (AvgIpc) is 2.46. The molecule has 1 nitrogen and oxygen atoms in total. The number of epoxide rings is 1. The molecule has 0 saturated carbocycles. The largest absolute Gasteiger partial charge is 0.369 e. The molecule has 2 aliphatic rings. The van der Waals surface area contributed by atoms with Gasteiger partial charge in [0.05, 0.1) is 12.2 Å². The summed E-state index contributed by atoms with van der Waals surface area (Å²) in [6, 6.07) is 0. The van der Waals surface area contributed by atoms with Gasteiger partial charge in [0.1, 0.15) is 0 Å². The minimum atomic E-state index is 0.599. The highest BCUT2D eigenvalue weighted by Crippen LogP contribution is 2.31. The molecule has 1 aliphatic carbocycles. The van der Waals surface area contributed by atoms with Gasteiger partial charge in [0.15, 0.2) is 0 Å². The Morgan fingerprint density at radius 1 is 1.22 bits per heavy atom. The second kappa shape index (κ2) is 2.14. The van der Waals surface area contributed by atoms with E-state index in [1.807, 2.05) is 0 Å². The Labute approximate surface area is 55.7 Å². The molecular formula is C8H12O. The molecule has 9 heavy (non-hydrogen) atoms. The number of rotatable bonds is 0. The Hall–Kier alpha value is -0.300. The van der Waals surface area contributed by atoms with E-state index in [-0.39, 0.29) is 0 Å². The molecule has 1 heteroatoms. The van der Waals surface area contributed by atoms with Crippen LogP contribution in [0.25, 0.3) is 0 Å². The predicted octanol–water partition coefficient (Wildman–Crippen LogP) is 1.88. The van der Waals surface area contributed by atoms with Crippen molar-refractivity contribution in [1.82, 2.24) is 0 Å². The molecule has 1 fully saturated rings. The van der Waals surface area contributed by atoms with Gasteiger partial charge in [-0.1, -0.05) is 12.2 Å². The molecule has 2 rings (SSSR count). The van der Waals surface area contributed by atoms with Gasteiger partial charge in [0.2, 0.25) is 0 Å². The molecule has 0 aromatic heterocycles. The highest BCUT2D eigenvalue weighted by Gasteiger charge is 2.36. The second-order valence-electron chi connectivity index (χ2n) is 2.85. The Morgan fingerprint density at radius 2 is 2.22 bits per heavy atom. The summed E-state index contributed by atoms with van der Waals surface area (Å²) in [4.78, 5) is 0. The summed E-state index contributed by atoms with van der Waals surface area (Å²) in [7, 11) is 0. The SMILES string of the molecule is C1=CCC2OC2CCC1. The van der Waals surface area contributed by atoms with E-state index in [0.29, 0.717) is 12.2 Å². The highest BCUT2D eigenvalue weighted by atomic mass is 16.6. The first-order valence-corrected chi connectivity index (χ1v) is 3.77. The van der Waals surface area contributed by atoms with Crippen LogP contribution in [0.15, 0.2) is 12.2 Å². The van der Waals surface area contributed by atoms with Crippen molar-refractivity contribution in [1.29, 1.82) is 0 Å². The van der Waals surface area contributed by atoms with Gasteiger partial charge in [-0.2, -0.15) is 0 Å². The first-order chi connectivity index (χ1) is 4.47. The summed E-state index contributed by atoms with van der Waals surface area (Å²) in [5.74, 6) is 0. The monoisotopic (exact) mass is 124 g/mol. The number of hydrogen-bond acceptors (Lipinski definition) is 1. The maximum absolute atomic E-state index is 5.39. The van der Waals surface area contributed by atoms with Crippen LogP contribution in [0.5, 0.6) is 0 Å². The van der Waals surface area contributed by atoms with E-state index in [9.17, 15) is 0 Å². The molecule has 0 amide bonds. The Morgan fingerprint density at radius 3 is 3.22 bits per heavy atom. The lowest BCUT2D eigenvalue weighted by molar-refractivity contribution is 0.362. The van der Waals surface area contributed by atoms with Gasteiger partial charge in [-0.15, -0.1) is 0 Å². The Kier molecular flexibility index (Phi) is 1.31. The molecule has 0 radical (unpaired) electrons. The number of fused-ring (bicyclic) bond motifs is 1. The Balaban J connectivity index is 1.93. The first kappa shape index (κ1) is 5.48. The topological polar surface area (TPSA) is 12.5 Å². The van der Waals surface area contributed by atoms with Crippen LogP contribution in [0.3, 0.4) is 0 Å². The average molecular weight is 124 g/mol. The fraction of sp³-hybridized carbons (Fsp3) is 0.750. The summed E-state index contributed by atoms with van der Waals surface area (Å²) >= 11 is 0. The molecule has 0 aromatic carbocycles. The zero-order valence-corrected chi connectivity index (χ0v) is 5.55. The van der Waals surface area contributed by atoms with Crippen LogP contribution < -0.4 is 0 Å². The molecule has 0 aromatic rings. The third-order valence-electron chi connectivity index (χ3n) is 2.08. The van der Waals surface area contributed by atoms with Crippen molar-refractivity contribution in [3.63, 3.8) is 0 Å². The van der Waals surface area contributed by atoms with E-state index < -0.39 is 0 Å². The van der Waals surface area contributed by atoms with Gasteiger partial charge < -0.3 is 4.74 Å². The van der Waals surface area contributed by atoms with Crippen molar-refractivity contribution >= 4 is 0 Å². The zero-order chi connectivity index (χ0) is 6.10. The van der Waals surface area contributed by atoms with Gasteiger partial charge in [-0.3, -0.25) is 0 Å². The van der Waals surface area contributed by atoms with Gasteiger partial charge in [0, 0.05) is 0 Å². The maximum atomic E-state index is 5.39. The van der Waals surface area contributed by atoms with Gasteiger partial charge in [-0.25, -0.2) is 0 Å². The molecule has 1 heterocycles. The molecule has 0 N–H and O–H groups in total. The van der Waals surface area contributed by atoms with Crippen LogP contribution in [0, 0.1) is 0 Å². The molecule has 2 atom stereocenters. The normalized spacial score (nSPS) is 40.9. The first-order valence-electron chi connectivity index (χ1n) is 3.77. The Bertz CT molecular complexity index is 129. The van der Waals surface area contributed by atoms with Crippen molar-refractivity contribution in [2.45, 2.75) is 37.9 Å². The van der Waals surface area contributed by atoms with E-state index in [1.54, 1.807) is 0 Å². The summed E-state index contributed by atoms with van der Waals surface area (Å²) in [6.07, 6.45) is 10.8. The molecule has 1 saturated heterocycles. The summed E-state index contributed by atoms with van der Waals surface area (Å²) in [6.45, 7) is 0. The van der Waals surface area contributed by atoms with Crippen LogP contribution in [0.4, 0.5) is 0 Å². The minimum absolute atomic E-state index is 0.599. The molecular weight excluding hydrogens is 112 g/mol. The second-order valence-corrected chi connectivity index (χ2v) is 2.85. The van der Waals surface area contributed by atoms with Crippen molar-refractivity contribution in [3.8, 4) is 0 Å². The van der Waals surface area contributed by atoms with E-state index in [0.717, 1.165) is 6.42 Å². The van der Waals surface area contributed by atoms with Crippen LogP contribution in [0.2, 0.25) is 0 Å². The van der Waals surface area contributed by atoms with Crippen LogP contribution in [0.1, 0.15) is 25.7 Å². The number of ether oxygens (including phenoxy) is 1. The van der Waals surface area contributed by atoms with Crippen molar-refractivity contribution in [2.24, 2.45) is 0 Å². The predicted molar refractivity (Wildman–Crippen MR) is 36.3 cm³/mol. The highest BCUT2D eigenvalue weighted by molar-refractivity contribution is 4.96. The quantitative estimate of drug-likeness (QED) is 0.355. The molecule has 2 unspecified atom stereocenters. The third-order valence-corrected chi connectivity index (χ3v) is 2.08. The summed E-state index contributed by atoms with van der Waals surface area (Å²) < 4.78 is 5.39. The number of allylic oxidation sites excluding steroid dienone is 1. The summed E-state index contributed by atoms with van der Waals surface area (Å²) in [5.41, 5.74) is 0. The standard InChI is InChI=1S/C8H12O/c1-2-4-6-8-7(9-8)5-3-1/h1,3,7-8H,2,4-6H2. The van der Waals surface area contributed by atoms with E-state index in [1.165, 1.54) is 19.3 Å². The third kappa shape index (κ3) is 1.16. The van der Waals surface area contributed by atoms with Crippen LogP contribution in [-0.4, -0.2) is 12.2 Å². The number of hydrogen-bond donors (Lipinski definition) is 0. The fourth-order valence-electron chi connectivity index (χ4n) is 1.43. The molecule has 50 valence electrons. The minimum Gasteiger partial charge on any atom is -0.369 e. The van der Waals surface area contributed by atoms with E-state index in [4.69, 9.17) is 4.74 Å². The van der Waals surface area contributed by atoms with E-state index >= 15 is 0 Å². The van der Waals surface area contributed by atoms with Crippen molar-refractivity contribution in [3.05, 3.63) is 12.2 Å². The van der Waals surface area contributed by atoms with Crippen LogP contribution in [-0.2, 0) is 4.74 Å². The lowest BCUT2D eigenvalue weighted by Gasteiger charge is -1.95. The zero-order valence-electron chi connectivity index (χ0n) is 5.55. The van der Waals surface area contributed by atoms with Gasteiger partial charge >= 0.3 is 0 Å².